The van der Waals surface area contributed by atoms with Gasteiger partial charge >= 0.3 is 0 Å². The van der Waals surface area contributed by atoms with Crippen molar-refractivity contribution in [1.29, 1.82) is 0 Å². The average molecular weight is 538 g/mol. The summed E-state index contributed by atoms with van der Waals surface area (Å²) >= 11 is 0. The summed E-state index contributed by atoms with van der Waals surface area (Å²) in [5.41, 5.74) is 4.22. The van der Waals surface area contributed by atoms with Gasteiger partial charge in [-0.2, -0.15) is 5.10 Å². The molecule has 1 aliphatic rings. The van der Waals surface area contributed by atoms with E-state index in [-0.39, 0.29) is 18.3 Å². The van der Waals surface area contributed by atoms with E-state index in [0.717, 1.165) is 55.2 Å². The first kappa shape index (κ1) is 28.7. The normalized spacial score (nSPS) is 15.4. The quantitative estimate of drug-likeness (QED) is 0.369. The van der Waals surface area contributed by atoms with Gasteiger partial charge < -0.3 is 15.2 Å². The van der Waals surface area contributed by atoms with Crippen LogP contribution in [-0.2, 0) is 17.8 Å². The summed E-state index contributed by atoms with van der Waals surface area (Å²) in [6, 6.07) is 16.1. The molecule has 1 aromatic heterocycles. The predicted octanol–water partition coefficient (Wildman–Crippen LogP) is 3.19. The van der Waals surface area contributed by atoms with Crippen molar-refractivity contribution < 1.29 is 19.0 Å². The Morgan fingerprint density at radius 1 is 1.08 bits per heavy atom. The second-order valence-corrected chi connectivity index (χ2v) is 10.7. The van der Waals surface area contributed by atoms with Crippen molar-refractivity contribution in [1.82, 2.24) is 24.9 Å². The Morgan fingerprint density at radius 3 is 2.46 bits per heavy atom. The number of carbonyl (C=O) groups excluding carboxylic acids is 1. The number of halogens is 1. The van der Waals surface area contributed by atoms with Crippen LogP contribution in [0.25, 0.3) is 5.69 Å². The van der Waals surface area contributed by atoms with Crippen molar-refractivity contribution in [3.63, 3.8) is 0 Å². The number of nitrogens with zero attached hydrogens (tertiary/aromatic N) is 4. The first-order chi connectivity index (χ1) is 18.8. The van der Waals surface area contributed by atoms with Gasteiger partial charge in [0, 0.05) is 38.4 Å². The lowest BCUT2D eigenvalue weighted by Gasteiger charge is -2.35. The van der Waals surface area contributed by atoms with Gasteiger partial charge in [-0.3, -0.25) is 14.6 Å². The van der Waals surface area contributed by atoms with Gasteiger partial charge in [0.05, 0.1) is 24.5 Å². The lowest BCUT2D eigenvalue weighted by molar-refractivity contribution is -0.122. The summed E-state index contributed by atoms with van der Waals surface area (Å²) < 4.78 is 20.6. The Bertz CT molecular complexity index is 1210. The van der Waals surface area contributed by atoms with Gasteiger partial charge in [0.25, 0.3) is 0 Å². The zero-order valence-corrected chi connectivity index (χ0v) is 23.1. The van der Waals surface area contributed by atoms with Crippen LogP contribution in [0.1, 0.15) is 30.8 Å². The van der Waals surface area contributed by atoms with E-state index in [1.54, 1.807) is 12.1 Å². The standard InChI is InChI=1S/C30H40FN5O3/c1-22(2)16-26-17-25(33-36(26)29-7-5-4-6-23(29)3)18-32-30(38)20-35-14-12-34(13-15-35)19-27(37)21-39-28-10-8-24(31)9-11-28/h4-11,17,22,27,37H,12-16,18-21H2,1-3H3,(H,32,38)/t27-/m0/s1. The molecule has 0 bridgehead atoms. The molecule has 1 aliphatic heterocycles. The number of aliphatic hydroxyl groups excluding tert-OH is 1. The molecule has 0 radical (unpaired) electrons. The fourth-order valence-corrected chi connectivity index (χ4v) is 4.79. The summed E-state index contributed by atoms with van der Waals surface area (Å²) in [5, 5.41) is 18.2. The van der Waals surface area contributed by atoms with Crippen LogP contribution in [-0.4, -0.2) is 82.6 Å². The van der Waals surface area contributed by atoms with E-state index in [9.17, 15) is 14.3 Å². The Kier molecular flexibility index (Phi) is 10.1. The van der Waals surface area contributed by atoms with Crippen molar-refractivity contribution >= 4 is 5.91 Å². The molecule has 9 heteroatoms. The van der Waals surface area contributed by atoms with E-state index < -0.39 is 6.10 Å². The number of β-amino-alcohol motifs (C(OH)–C–C–N with tert-alkyl or cyclic N) is 1. The van der Waals surface area contributed by atoms with E-state index in [0.29, 0.717) is 31.3 Å². The molecule has 3 aromatic rings. The lowest BCUT2D eigenvalue weighted by Crippen LogP contribution is -2.51. The molecule has 210 valence electrons. The molecule has 0 aliphatic carbocycles. The number of piperazine rings is 1. The number of nitrogens with one attached hydrogen (secondary N) is 1. The minimum atomic E-state index is -0.648. The molecule has 1 atom stereocenters. The van der Waals surface area contributed by atoms with E-state index in [1.807, 2.05) is 16.8 Å². The molecule has 1 amide bonds. The first-order valence-corrected chi connectivity index (χ1v) is 13.7. The second kappa shape index (κ2) is 13.7. The van der Waals surface area contributed by atoms with Crippen LogP contribution in [0.2, 0.25) is 0 Å². The number of amides is 1. The molecule has 2 aromatic carbocycles. The number of hydrogen-bond donors (Lipinski definition) is 2. The Hall–Kier alpha value is -3.27. The topological polar surface area (TPSA) is 82.9 Å². The minimum absolute atomic E-state index is 0.0213. The average Bonchev–Trinajstić information content (AvgIpc) is 3.30. The van der Waals surface area contributed by atoms with Crippen LogP contribution >= 0.6 is 0 Å². The molecule has 4 rings (SSSR count). The highest BCUT2D eigenvalue weighted by Gasteiger charge is 2.21. The highest BCUT2D eigenvalue weighted by Crippen LogP contribution is 2.19. The molecule has 0 spiro atoms. The molecule has 2 heterocycles. The molecule has 1 saturated heterocycles. The molecular weight excluding hydrogens is 497 g/mol. The highest BCUT2D eigenvalue weighted by atomic mass is 19.1. The van der Waals surface area contributed by atoms with Gasteiger partial charge in [-0.1, -0.05) is 32.0 Å². The molecule has 39 heavy (non-hydrogen) atoms. The van der Waals surface area contributed by atoms with E-state index in [4.69, 9.17) is 9.84 Å². The zero-order valence-electron chi connectivity index (χ0n) is 23.1. The van der Waals surface area contributed by atoms with Crippen LogP contribution in [0.4, 0.5) is 4.39 Å². The third kappa shape index (κ3) is 8.61. The molecule has 0 saturated carbocycles. The molecule has 2 N–H and O–H groups in total. The third-order valence-corrected chi connectivity index (χ3v) is 6.82. The number of aliphatic hydroxyl groups is 1. The van der Waals surface area contributed by atoms with Gasteiger partial charge in [-0.15, -0.1) is 0 Å². The fraction of sp³-hybridized carbons (Fsp3) is 0.467. The first-order valence-electron chi connectivity index (χ1n) is 13.7. The minimum Gasteiger partial charge on any atom is -0.491 e. The number of carbonyl (C=O) groups is 1. The summed E-state index contributed by atoms with van der Waals surface area (Å²) in [6.45, 7) is 10.9. The van der Waals surface area contributed by atoms with Crippen LogP contribution < -0.4 is 10.1 Å². The fourth-order valence-electron chi connectivity index (χ4n) is 4.79. The number of aryl methyl sites for hydroxylation is 1. The maximum atomic E-state index is 13.0. The van der Waals surface area contributed by atoms with E-state index >= 15 is 0 Å². The lowest BCUT2D eigenvalue weighted by atomic mass is 10.1. The number of ether oxygens (including phenoxy) is 1. The summed E-state index contributed by atoms with van der Waals surface area (Å²) in [5.74, 6) is 0.685. The maximum absolute atomic E-state index is 13.0. The smallest absolute Gasteiger partial charge is 0.234 e. The number of hydrogen-bond acceptors (Lipinski definition) is 6. The SMILES string of the molecule is Cc1ccccc1-n1nc(CNC(=O)CN2CCN(C[C@H](O)COc3ccc(F)cc3)CC2)cc1CC(C)C. The maximum Gasteiger partial charge on any atom is 0.234 e. The van der Waals surface area contributed by atoms with Crippen molar-refractivity contribution in [2.24, 2.45) is 5.92 Å². The monoisotopic (exact) mass is 537 g/mol. The number of rotatable bonds is 12. The van der Waals surface area contributed by atoms with Crippen LogP contribution in [0, 0.1) is 18.7 Å². The van der Waals surface area contributed by atoms with E-state index in [2.05, 4.69) is 54.1 Å². The van der Waals surface area contributed by atoms with Gasteiger partial charge in [0.2, 0.25) is 5.91 Å². The number of aromatic nitrogens is 2. The molecule has 0 unspecified atom stereocenters. The van der Waals surface area contributed by atoms with Crippen molar-refractivity contribution in [3.8, 4) is 11.4 Å². The van der Waals surface area contributed by atoms with Gasteiger partial charge in [-0.25, -0.2) is 9.07 Å². The van der Waals surface area contributed by atoms with E-state index in [1.165, 1.54) is 12.1 Å². The predicted molar refractivity (Wildman–Crippen MR) is 149 cm³/mol. The van der Waals surface area contributed by atoms with Gasteiger partial charge in [-0.05, 0) is 61.2 Å². The summed E-state index contributed by atoms with van der Waals surface area (Å²) in [6.07, 6.45) is 0.261. The Balaban J connectivity index is 1.20. The van der Waals surface area contributed by atoms with Crippen LogP contribution in [0.5, 0.6) is 5.75 Å². The third-order valence-electron chi connectivity index (χ3n) is 6.82. The van der Waals surface area contributed by atoms with Crippen molar-refractivity contribution in [2.75, 3.05) is 45.9 Å². The second-order valence-electron chi connectivity index (χ2n) is 10.7. The Morgan fingerprint density at radius 2 is 1.77 bits per heavy atom. The molecular formula is C30H40FN5O3. The largest absolute Gasteiger partial charge is 0.491 e. The molecule has 8 nitrogen and oxygen atoms in total. The van der Waals surface area contributed by atoms with Crippen molar-refractivity contribution in [3.05, 3.63) is 77.4 Å². The van der Waals surface area contributed by atoms with Gasteiger partial charge in [0.1, 0.15) is 24.3 Å². The summed E-state index contributed by atoms with van der Waals surface area (Å²) in [7, 11) is 0. The van der Waals surface area contributed by atoms with Crippen molar-refractivity contribution in [2.45, 2.75) is 39.8 Å². The number of para-hydroxylation sites is 1. The van der Waals surface area contributed by atoms with Gasteiger partial charge in [0.15, 0.2) is 0 Å². The van der Waals surface area contributed by atoms with Crippen LogP contribution in [0.3, 0.4) is 0 Å². The molecule has 1 fully saturated rings. The summed E-state index contributed by atoms with van der Waals surface area (Å²) in [4.78, 5) is 17.0. The highest BCUT2D eigenvalue weighted by molar-refractivity contribution is 5.78. The zero-order chi connectivity index (χ0) is 27.8. The number of benzene rings is 2. The van der Waals surface area contributed by atoms with Crippen LogP contribution in [0.15, 0.2) is 54.6 Å². The Labute approximate surface area is 230 Å².